The monoisotopic (exact) mass is 407 g/mol. The van der Waals surface area contributed by atoms with E-state index in [1.54, 1.807) is 37.4 Å². The molecule has 0 saturated carbocycles. The molecule has 146 valence electrons. The van der Waals surface area contributed by atoms with Crippen molar-refractivity contribution < 1.29 is 13.9 Å². The van der Waals surface area contributed by atoms with Gasteiger partial charge in [-0.15, -0.1) is 10.2 Å². The van der Waals surface area contributed by atoms with Crippen LogP contribution >= 0.6 is 11.3 Å². The van der Waals surface area contributed by atoms with Gasteiger partial charge in [0.15, 0.2) is 5.43 Å². The number of carbonyl (C=O) groups excluding carboxylic acids is 1. The average molecular weight is 407 g/mol. The zero-order valence-electron chi connectivity index (χ0n) is 15.8. The third-order valence-corrected chi connectivity index (χ3v) is 5.08. The number of nitrogens with zero attached hydrogens (tertiary/aromatic N) is 2. The van der Waals surface area contributed by atoms with Crippen LogP contribution in [-0.4, -0.2) is 23.2 Å². The van der Waals surface area contributed by atoms with E-state index in [1.165, 1.54) is 17.4 Å². The first-order valence-electron chi connectivity index (χ1n) is 8.81. The molecule has 29 heavy (non-hydrogen) atoms. The smallest absolute Gasteiger partial charge is 0.257 e. The number of anilines is 1. The number of ether oxygens (including phenoxy) is 1. The van der Waals surface area contributed by atoms with Crippen LogP contribution in [0.15, 0.2) is 57.7 Å². The zero-order valence-corrected chi connectivity index (χ0v) is 16.6. The molecule has 0 aliphatic heterocycles. The normalized spacial score (nSPS) is 11.0. The largest absolute Gasteiger partial charge is 0.456 e. The Morgan fingerprint density at radius 3 is 2.69 bits per heavy atom. The fourth-order valence-corrected chi connectivity index (χ4v) is 3.56. The van der Waals surface area contributed by atoms with Crippen molar-refractivity contribution in [3.63, 3.8) is 0 Å². The maximum absolute atomic E-state index is 12.4. The van der Waals surface area contributed by atoms with E-state index >= 15 is 0 Å². The summed E-state index contributed by atoms with van der Waals surface area (Å²) in [6, 6.07) is 13.8. The summed E-state index contributed by atoms with van der Waals surface area (Å²) in [6.07, 6.45) is 0. The molecule has 4 aromatic rings. The lowest BCUT2D eigenvalue weighted by Gasteiger charge is -2.05. The van der Waals surface area contributed by atoms with Crippen LogP contribution in [0.3, 0.4) is 0 Å². The number of nitrogens with one attached hydrogen (secondary N) is 1. The van der Waals surface area contributed by atoms with E-state index in [4.69, 9.17) is 9.15 Å². The minimum absolute atomic E-state index is 0.102. The number of hydrogen-bond acceptors (Lipinski definition) is 7. The van der Waals surface area contributed by atoms with Crippen LogP contribution in [-0.2, 0) is 11.3 Å². The molecular weight excluding hydrogens is 390 g/mol. The zero-order chi connectivity index (χ0) is 20.4. The van der Waals surface area contributed by atoms with Crippen LogP contribution in [0.1, 0.15) is 20.9 Å². The molecule has 4 rings (SSSR count). The maximum atomic E-state index is 12.4. The van der Waals surface area contributed by atoms with E-state index in [9.17, 15) is 9.59 Å². The van der Waals surface area contributed by atoms with Crippen molar-refractivity contribution in [1.82, 2.24) is 10.2 Å². The van der Waals surface area contributed by atoms with Crippen LogP contribution in [0.4, 0.5) is 5.13 Å². The molecule has 0 atom stereocenters. The molecule has 2 heterocycles. The van der Waals surface area contributed by atoms with Gasteiger partial charge in [-0.3, -0.25) is 14.9 Å². The Balaban J connectivity index is 1.55. The summed E-state index contributed by atoms with van der Waals surface area (Å²) in [5.41, 5.74) is 2.59. The molecule has 0 unspecified atom stereocenters. The van der Waals surface area contributed by atoms with Gasteiger partial charge in [-0.05, 0) is 31.2 Å². The molecule has 8 heteroatoms. The molecule has 0 bridgehead atoms. The Hall–Kier alpha value is -3.36. The third kappa shape index (κ3) is 4.08. The average Bonchev–Trinajstić information content (AvgIpc) is 3.15. The minimum atomic E-state index is -0.299. The minimum Gasteiger partial charge on any atom is -0.456 e. The summed E-state index contributed by atoms with van der Waals surface area (Å²) in [6.45, 7) is 2.27. The standard InChI is InChI=1S/C21H17N3O4S/c1-12-3-8-17-15(9-12)16(25)10-18(28-17)13-4-6-14(7-5-13)20(26)22-21-24-23-19(29-21)11-27-2/h3-10H,11H2,1-2H3,(H,22,24,26). The number of hydrogen-bond donors (Lipinski definition) is 1. The van der Waals surface area contributed by atoms with Crippen LogP contribution < -0.4 is 10.7 Å². The highest BCUT2D eigenvalue weighted by molar-refractivity contribution is 7.15. The van der Waals surface area contributed by atoms with Crippen molar-refractivity contribution in [3.05, 3.63) is 74.9 Å². The van der Waals surface area contributed by atoms with Crippen LogP contribution in [0.2, 0.25) is 0 Å². The topological polar surface area (TPSA) is 94.3 Å². The van der Waals surface area contributed by atoms with Gasteiger partial charge in [0.2, 0.25) is 5.13 Å². The van der Waals surface area contributed by atoms with Gasteiger partial charge in [0, 0.05) is 24.3 Å². The van der Waals surface area contributed by atoms with E-state index in [0.29, 0.717) is 44.6 Å². The van der Waals surface area contributed by atoms with E-state index < -0.39 is 0 Å². The predicted molar refractivity (Wildman–Crippen MR) is 111 cm³/mol. The van der Waals surface area contributed by atoms with Gasteiger partial charge in [0.1, 0.15) is 23.0 Å². The maximum Gasteiger partial charge on any atom is 0.257 e. The molecule has 2 aromatic carbocycles. The third-order valence-electron chi connectivity index (χ3n) is 4.27. The Labute approximate surface area is 170 Å². The van der Waals surface area contributed by atoms with Crippen LogP contribution in [0, 0.1) is 6.92 Å². The SMILES string of the molecule is COCc1nnc(NC(=O)c2ccc(-c3cc(=O)c4cc(C)ccc4o3)cc2)s1. The second kappa shape index (κ2) is 7.94. The number of rotatable bonds is 5. The van der Waals surface area contributed by atoms with Crippen molar-refractivity contribution in [3.8, 4) is 11.3 Å². The molecule has 0 spiro atoms. The summed E-state index contributed by atoms with van der Waals surface area (Å²) in [7, 11) is 1.57. The molecule has 0 fully saturated rings. The number of carbonyl (C=O) groups is 1. The number of aryl methyl sites for hydroxylation is 1. The molecular formula is C21H17N3O4S. The first-order valence-corrected chi connectivity index (χ1v) is 9.63. The van der Waals surface area contributed by atoms with Gasteiger partial charge < -0.3 is 9.15 Å². The summed E-state index contributed by atoms with van der Waals surface area (Å²) in [5.74, 6) is 0.152. The van der Waals surface area contributed by atoms with Crippen molar-refractivity contribution >= 4 is 33.3 Å². The van der Waals surface area contributed by atoms with E-state index in [-0.39, 0.29) is 11.3 Å². The molecule has 1 amide bonds. The van der Waals surface area contributed by atoms with Crippen molar-refractivity contribution in [2.24, 2.45) is 0 Å². The number of amides is 1. The molecule has 7 nitrogen and oxygen atoms in total. The summed E-state index contributed by atoms with van der Waals surface area (Å²) in [5, 5.41) is 12.2. The molecule has 2 aromatic heterocycles. The van der Waals surface area contributed by atoms with E-state index in [2.05, 4.69) is 15.5 Å². The predicted octanol–water partition coefficient (Wildman–Crippen LogP) is 4.02. The Morgan fingerprint density at radius 2 is 1.93 bits per heavy atom. The molecule has 1 N–H and O–H groups in total. The number of aromatic nitrogens is 2. The van der Waals surface area contributed by atoms with Crippen molar-refractivity contribution in [2.45, 2.75) is 13.5 Å². The number of benzene rings is 2. The first-order chi connectivity index (χ1) is 14.0. The van der Waals surface area contributed by atoms with Crippen molar-refractivity contribution in [1.29, 1.82) is 0 Å². The van der Waals surface area contributed by atoms with Gasteiger partial charge in [0.25, 0.3) is 5.91 Å². The van der Waals surface area contributed by atoms with E-state index in [0.717, 1.165) is 5.56 Å². The van der Waals surface area contributed by atoms with Gasteiger partial charge in [-0.2, -0.15) is 0 Å². The van der Waals surface area contributed by atoms with Crippen molar-refractivity contribution in [2.75, 3.05) is 12.4 Å². The summed E-state index contributed by atoms with van der Waals surface area (Å²) >= 11 is 1.26. The lowest BCUT2D eigenvalue weighted by Crippen LogP contribution is -2.11. The highest BCUT2D eigenvalue weighted by atomic mass is 32.1. The Bertz CT molecular complexity index is 1250. The fraction of sp³-hybridized carbons (Fsp3) is 0.143. The van der Waals surface area contributed by atoms with Crippen LogP contribution in [0.25, 0.3) is 22.3 Å². The number of fused-ring (bicyclic) bond motifs is 1. The molecule has 0 saturated heterocycles. The molecule has 0 aliphatic carbocycles. The lowest BCUT2D eigenvalue weighted by molar-refractivity contribution is 0.102. The van der Waals surface area contributed by atoms with Gasteiger partial charge >= 0.3 is 0 Å². The Kier molecular flexibility index (Phi) is 5.20. The quantitative estimate of drug-likeness (QED) is 0.537. The first kappa shape index (κ1) is 19.0. The lowest BCUT2D eigenvalue weighted by atomic mass is 10.1. The van der Waals surface area contributed by atoms with Gasteiger partial charge in [0.05, 0.1) is 5.39 Å². The van der Waals surface area contributed by atoms with E-state index in [1.807, 2.05) is 19.1 Å². The Morgan fingerprint density at radius 1 is 1.14 bits per heavy atom. The highest BCUT2D eigenvalue weighted by Crippen LogP contribution is 2.24. The van der Waals surface area contributed by atoms with Crippen LogP contribution in [0.5, 0.6) is 0 Å². The summed E-state index contributed by atoms with van der Waals surface area (Å²) < 4.78 is 10.9. The number of methoxy groups -OCH3 is 1. The van der Waals surface area contributed by atoms with Gasteiger partial charge in [-0.1, -0.05) is 35.1 Å². The molecule has 0 radical (unpaired) electrons. The second-order valence-corrected chi connectivity index (χ2v) is 7.50. The highest BCUT2D eigenvalue weighted by Gasteiger charge is 2.12. The summed E-state index contributed by atoms with van der Waals surface area (Å²) in [4.78, 5) is 24.8. The van der Waals surface area contributed by atoms with Gasteiger partial charge in [-0.25, -0.2) is 0 Å². The second-order valence-electron chi connectivity index (χ2n) is 6.44. The fourth-order valence-electron chi connectivity index (χ4n) is 2.85. The molecule has 0 aliphatic rings.